The van der Waals surface area contributed by atoms with Gasteiger partial charge >= 0.3 is 0 Å². The van der Waals surface area contributed by atoms with Crippen molar-refractivity contribution in [2.45, 2.75) is 44.2 Å². The third-order valence-corrected chi connectivity index (χ3v) is 7.05. The average Bonchev–Trinajstić information content (AvgIpc) is 2.89. The van der Waals surface area contributed by atoms with Gasteiger partial charge in [-0.05, 0) is 24.0 Å². The van der Waals surface area contributed by atoms with Crippen molar-refractivity contribution in [1.82, 2.24) is 14.7 Å². The third-order valence-electron chi connectivity index (χ3n) is 7.05. The van der Waals surface area contributed by atoms with Gasteiger partial charge in [-0.15, -0.1) is 0 Å². The first-order valence-corrected chi connectivity index (χ1v) is 12.1. The molecule has 1 aliphatic heterocycles. The predicted molar refractivity (Wildman–Crippen MR) is 131 cm³/mol. The number of carbonyl (C=O) groups excluding carboxylic acids is 1. The van der Waals surface area contributed by atoms with Crippen LogP contribution in [0, 0.1) is 11.3 Å². The summed E-state index contributed by atoms with van der Waals surface area (Å²) >= 11 is 0. The molecule has 0 N–H and O–H groups in total. The first kappa shape index (κ1) is 23.1. The summed E-state index contributed by atoms with van der Waals surface area (Å²) in [6, 6.07) is 23.9. The van der Waals surface area contributed by atoms with Gasteiger partial charge in [0, 0.05) is 45.5 Å². The average molecular weight is 443 g/mol. The van der Waals surface area contributed by atoms with Gasteiger partial charge in [0.25, 0.3) is 5.91 Å². The molecule has 172 valence electrons. The normalized spacial score (nSPS) is 18.2. The molecular weight excluding hydrogens is 408 g/mol. The number of piperazine rings is 1. The summed E-state index contributed by atoms with van der Waals surface area (Å²) in [5.41, 5.74) is 2.82. The summed E-state index contributed by atoms with van der Waals surface area (Å²) in [6.45, 7) is 3.33. The fourth-order valence-electron chi connectivity index (χ4n) is 5.15. The molecule has 2 fully saturated rings. The maximum absolute atomic E-state index is 13.0. The van der Waals surface area contributed by atoms with E-state index in [1.807, 2.05) is 7.05 Å². The fourth-order valence-corrected chi connectivity index (χ4v) is 5.15. The molecule has 0 radical (unpaired) electrons. The summed E-state index contributed by atoms with van der Waals surface area (Å²) in [4.78, 5) is 19.4. The highest BCUT2D eigenvalue weighted by atomic mass is 16.2. The molecule has 1 amide bonds. The van der Waals surface area contributed by atoms with E-state index in [-0.39, 0.29) is 23.6 Å². The lowest BCUT2D eigenvalue weighted by molar-refractivity contribution is -0.128. The van der Waals surface area contributed by atoms with Crippen LogP contribution in [0.2, 0.25) is 0 Å². The van der Waals surface area contributed by atoms with E-state index in [1.54, 1.807) is 11.1 Å². The number of hydrogen-bond donors (Lipinski definition) is 0. The maximum Gasteiger partial charge on any atom is 0.265 e. The van der Waals surface area contributed by atoms with Gasteiger partial charge in [0.1, 0.15) is 11.6 Å². The molecule has 0 atom stereocenters. The molecule has 4 rings (SSSR count). The van der Waals surface area contributed by atoms with Crippen LogP contribution in [-0.4, -0.2) is 59.9 Å². The number of nitrogens with zero attached hydrogens (tertiary/aromatic N) is 4. The number of carbonyl (C=O) groups is 1. The predicted octanol–water partition coefficient (Wildman–Crippen LogP) is 4.59. The quantitative estimate of drug-likeness (QED) is 0.485. The molecule has 1 saturated carbocycles. The Morgan fingerprint density at radius 3 is 2.00 bits per heavy atom. The first-order chi connectivity index (χ1) is 16.2. The molecule has 5 nitrogen and oxygen atoms in total. The van der Waals surface area contributed by atoms with Crippen LogP contribution in [0.4, 0.5) is 0 Å². The molecule has 33 heavy (non-hydrogen) atoms. The van der Waals surface area contributed by atoms with E-state index >= 15 is 0 Å². The van der Waals surface area contributed by atoms with Crippen molar-refractivity contribution in [3.8, 4) is 6.07 Å². The van der Waals surface area contributed by atoms with Crippen LogP contribution < -0.4 is 0 Å². The molecule has 2 aromatic rings. The molecule has 0 unspecified atom stereocenters. The van der Waals surface area contributed by atoms with Crippen molar-refractivity contribution in [3.63, 3.8) is 0 Å². The molecule has 1 aliphatic carbocycles. The van der Waals surface area contributed by atoms with Crippen molar-refractivity contribution in [1.29, 1.82) is 5.26 Å². The van der Waals surface area contributed by atoms with Crippen LogP contribution in [0.25, 0.3) is 0 Å². The minimum Gasteiger partial charge on any atom is -0.374 e. The summed E-state index contributed by atoms with van der Waals surface area (Å²) in [5, 5.41) is 9.71. The van der Waals surface area contributed by atoms with Crippen molar-refractivity contribution >= 4 is 5.91 Å². The number of likely N-dealkylation sites (N-methyl/N-ethyl adjacent to an activating group) is 1. The lowest BCUT2D eigenvalue weighted by Crippen LogP contribution is -2.46. The van der Waals surface area contributed by atoms with E-state index in [0.717, 1.165) is 39.0 Å². The van der Waals surface area contributed by atoms with Gasteiger partial charge in [-0.3, -0.25) is 9.69 Å². The Kier molecular flexibility index (Phi) is 7.80. The summed E-state index contributed by atoms with van der Waals surface area (Å²) in [7, 11) is 1.85. The first-order valence-electron chi connectivity index (χ1n) is 12.1. The molecule has 1 saturated heterocycles. The monoisotopic (exact) mass is 442 g/mol. The minimum absolute atomic E-state index is 0.140. The summed E-state index contributed by atoms with van der Waals surface area (Å²) in [6.07, 6.45) is 7.45. The Bertz CT molecular complexity index is 928. The van der Waals surface area contributed by atoms with Gasteiger partial charge in [0.05, 0.1) is 6.04 Å². The Labute approximate surface area is 197 Å². The van der Waals surface area contributed by atoms with E-state index in [0.29, 0.717) is 0 Å². The number of rotatable bonds is 6. The second kappa shape index (κ2) is 11.2. The number of benzene rings is 2. The van der Waals surface area contributed by atoms with Crippen LogP contribution >= 0.6 is 0 Å². The summed E-state index contributed by atoms with van der Waals surface area (Å²) in [5.74, 6) is -0.140. The molecule has 5 heteroatoms. The third kappa shape index (κ3) is 5.64. The Morgan fingerprint density at radius 2 is 1.48 bits per heavy atom. The van der Waals surface area contributed by atoms with E-state index < -0.39 is 0 Å². The molecular formula is C28H34N4O. The van der Waals surface area contributed by atoms with Gasteiger partial charge in [-0.1, -0.05) is 79.9 Å². The second-order valence-electron chi connectivity index (χ2n) is 9.16. The lowest BCUT2D eigenvalue weighted by Gasteiger charge is -2.39. The highest BCUT2D eigenvalue weighted by molar-refractivity contribution is 5.97. The largest absolute Gasteiger partial charge is 0.374 e. The van der Waals surface area contributed by atoms with E-state index in [4.69, 9.17) is 0 Å². The van der Waals surface area contributed by atoms with Crippen molar-refractivity contribution in [2.24, 2.45) is 0 Å². The van der Waals surface area contributed by atoms with E-state index in [2.05, 4.69) is 76.5 Å². The fraction of sp³-hybridized carbons (Fsp3) is 0.429. The standard InChI is InChI=1S/C28H34N4O/c1-30(26-15-9-4-10-16-26)28(33)25(21-29)22-31-17-19-32(20-18-31)27(23-11-5-2-6-12-23)24-13-7-3-8-14-24/h2-3,5-8,11-14,22,26-27H,4,9-10,15-20H2,1H3/b25-22-. The van der Waals surface area contributed by atoms with Gasteiger partial charge in [0.15, 0.2) is 0 Å². The zero-order valence-corrected chi connectivity index (χ0v) is 19.6. The zero-order chi connectivity index (χ0) is 23.0. The Morgan fingerprint density at radius 1 is 0.939 bits per heavy atom. The number of hydrogen-bond acceptors (Lipinski definition) is 4. The molecule has 2 aromatic carbocycles. The van der Waals surface area contributed by atoms with Crippen LogP contribution in [0.15, 0.2) is 72.4 Å². The molecule has 0 bridgehead atoms. The zero-order valence-electron chi connectivity index (χ0n) is 19.6. The molecule has 1 heterocycles. The summed E-state index contributed by atoms with van der Waals surface area (Å²) < 4.78 is 0. The SMILES string of the molecule is CN(C(=O)/C(C#N)=C\N1CCN(C(c2ccccc2)c2ccccc2)CC1)C1CCCCC1. The highest BCUT2D eigenvalue weighted by Gasteiger charge is 2.28. The van der Waals surface area contributed by atoms with Crippen LogP contribution in [-0.2, 0) is 4.79 Å². The van der Waals surface area contributed by atoms with Gasteiger partial charge < -0.3 is 9.80 Å². The van der Waals surface area contributed by atoms with Crippen LogP contribution in [0.5, 0.6) is 0 Å². The van der Waals surface area contributed by atoms with Crippen LogP contribution in [0.3, 0.4) is 0 Å². The molecule has 0 aromatic heterocycles. The Hall–Kier alpha value is -3.10. The molecule has 0 spiro atoms. The van der Waals surface area contributed by atoms with Crippen molar-refractivity contribution < 1.29 is 4.79 Å². The van der Waals surface area contributed by atoms with Crippen molar-refractivity contribution in [2.75, 3.05) is 33.2 Å². The van der Waals surface area contributed by atoms with Crippen molar-refractivity contribution in [3.05, 3.63) is 83.6 Å². The highest BCUT2D eigenvalue weighted by Crippen LogP contribution is 2.29. The van der Waals surface area contributed by atoms with Gasteiger partial charge in [-0.2, -0.15) is 5.26 Å². The minimum atomic E-state index is -0.140. The number of nitriles is 1. The smallest absolute Gasteiger partial charge is 0.265 e. The topological polar surface area (TPSA) is 50.6 Å². The maximum atomic E-state index is 13.0. The van der Waals surface area contributed by atoms with E-state index in [1.165, 1.54) is 30.4 Å². The van der Waals surface area contributed by atoms with E-state index in [9.17, 15) is 10.1 Å². The van der Waals surface area contributed by atoms with Crippen LogP contribution in [0.1, 0.15) is 49.3 Å². The van der Waals surface area contributed by atoms with Gasteiger partial charge in [-0.25, -0.2) is 0 Å². The molecule has 2 aliphatic rings. The van der Waals surface area contributed by atoms with Gasteiger partial charge in [0.2, 0.25) is 0 Å². The Balaban J connectivity index is 1.44. The number of amides is 1. The second-order valence-corrected chi connectivity index (χ2v) is 9.16. The lowest BCUT2D eigenvalue weighted by atomic mass is 9.94.